The van der Waals surface area contributed by atoms with Gasteiger partial charge in [-0.1, -0.05) is 174 Å². The zero-order valence-electron chi connectivity index (χ0n) is 32.4. The number of carbonyl (C=O) groups is 1. The fourth-order valence-corrected chi connectivity index (χ4v) is 6.67. The number of aliphatic hydroxyl groups is 4. The molecule has 6 atom stereocenters. The molecule has 0 bridgehead atoms. The largest absolute Gasteiger partial charge is 0.457 e. The summed E-state index contributed by atoms with van der Waals surface area (Å²) in [5, 5.41) is 40.0. The highest BCUT2D eigenvalue weighted by molar-refractivity contribution is 5.69. The quantitative estimate of drug-likeness (QED) is 0.0371. The Bertz CT molecular complexity index is 737. The van der Waals surface area contributed by atoms with Crippen LogP contribution in [0.4, 0.5) is 0 Å². The highest BCUT2D eigenvalue weighted by atomic mass is 16.7. The fraction of sp³-hybridized carbons (Fsp3) is 0.976. The van der Waals surface area contributed by atoms with Gasteiger partial charge < -0.3 is 39.4 Å². The summed E-state index contributed by atoms with van der Waals surface area (Å²) >= 11 is 0. The van der Waals surface area contributed by atoms with Gasteiger partial charge in [-0.3, -0.25) is 4.79 Å². The molecule has 0 aliphatic carbocycles. The second-order valence-electron chi connectivity index (χ2n) is 14.8. The van der Waals surface area contributed by atoms with Crippen LogP contribution in [0.2, 0.25) is 0 Å². The molecule has 1 aliphatic heterocycles. The Morgan fingerprint density at radius 2 is 0.980 bits per heavy atom. The van der Waals surface area contributed by atoms with E-state index in [-0.39, 0.29) is 19.2 Å². The number of ether oxygens (including phenoxy) is 4. The van der Waals surface area contributed by atoms with Crippen LogP contribution in [0, 0.1) is 0 Å². The Morgan fingerprint density at radius 1 is 0.560 bits per heavy atom. The van der Waals surface area contributed by atoms with Crippen molar-refractivity contribution in [1.82, 2.24) is 0 Å². The van der Waals surface area contributed by atoms with Gasteiger partial charge in [-0.25, -0.2) is 0 Å². The highest BCUT2D eigenvalue weighted by Gasteiger charge is 2.44. The van der Waals surface area contributed by atoms with Gasteiger partial charge in [0.2, 0.25) is 0 Å². The van der Waals surface area contributed by atoms with E-state index in [0.717, 1.165) is 32.1 Å². The Hall–Kier alpha value is -0.810. The van der Waals surface area contributed by atoms with Gasteiger partial charge in [0.1, 0.15) is 30.5 Å². The van der Waals surface area contributed by atoms with Gasteiger partial charge in [0.05, 0.1) is 19.8 Å². The second-order valence-corrected chi connectivity index (χ2v) is 14.8. The van der Waals surface area contributed by atoms with Crippen molar-refractivity contribution >= 4 is 5.97 Å². The molecule has 1 heterocycles. The van der Waals surface area contributed by atoms with E-state index in [2.05, 4.69) is 13.8 Å². The molecule has 1 aliphatic rings. The van der Waals surface area contributed by atoms with Crippen LogP contribution in [0.5, 0.6) is 0 Å². The number of hydrogen-bond acceptors (Lipinski definition) is 9. The third-order valence-electron chi connectivity index (χ3n) is 10.0. The van der Waals surface area contributed by atoms with Crippen molar-refractivity contribution < 1.29 is 44.2 Å². The normalized spacial score (nSPS) is 21.4. The number of unbranched alkanes of at least 4 members (excludes halogenated alkanes) is 25. The summed E-state index contributed by atoms with van der Waals surface area (Å²) in [6.45, 7) is 4.59. The van der Waals surface area contributed by atoms with Crippen LogP contribution in [0.1, 0.15) is 194 Å². The second kappa shape index (κ2) is 34.0. The van der Waals surface area contributed by atoms with Crippen LogP contribution in [-0.4, -0.2) is 89.6 Å². The van der Waals surface area contributed by atoms with E-state index in [1.807, 2.05) is 0 Å². The molecule has 6 unspecified atom stereocenters. The minimum absolute atomic E-state index is 0.105. The topological polar surface area (TPSA) is 135 Å². The first-order valence-electron chi connectivity index (χ1n) is 21.1. The third-order valence-corrected chi connectivity index (χ3v) is 10.0. The zero-order valence-corrected chi connectivity index (χ0v) is 32.4. The molecule has 0 saturated carbocycles. The van der Waals surface area contributed by atoms with Crippen molar-refractivity contribution in [3.05, 3.63) is 0 Å². The Labute approximate surface area is 306 Å². The molecule has 4 N–H and O–H groups in total. The minimum atomic E-state index is -1.53. The molecule has 9 nitrogen and oxygen atoms in total. The van der Waals surface area contributed by atoms with E-state index < -0.39 is 43.4 Å². The average molecular weight is 717 g/mol. The van der Waals surface area contributed by atoms with Crippen LogP contribution in [0.25, 0.3) is 0 Å². The monoisotopic (exact) mass is 717 g/mol. The summed E-state index contributed by atoms with van der Waals surface area (Å²) in [5.74, 6) is -0.310. The molecule has 0 radical (unpaired) electrons. The maximum Gasteiger partial charge on any atom is 0.306 e. The number of hydrogen-bond donors (Lipinski definition) is 4. The molecule has 0 aromatic rings. The van der Waals surface area contributed by atoms with Crippen LogP contribution in [-0.2, 0) is 23.7 Å². The van der Waals surface area contributed by atoms with Crippen molar-refractivity contribution in [3.8, 4) is 0 Å². The molecular weight excluding hydrogens is 636 g/mol. The molecule has 0 aromatic carbocycles. The summed E-state index contributed by atoms with van der Waals surface area (Å²) < 4.78 is 22.8. The first kappa shape index (κ1) is 47.2. The molecule has 9 heteroatoms. The fourth-order valence-electron chi connectivity index (χ4n) is 6.67. The SMILES string of the molecule is CCCCCCCCCCCCCCCCOCC(COC1OC(CO)C(O)C(O)C1O)OC(=O)CCCCCCCCCCCCCCC. The lowest BCUT2D eigenvalue weighted by atomic mass is 9.99. The summed E-state index contributed by atoms with van der Waals surface area (Å²) in [6, 6.07) is 0. The average Bonchev–Trinajstić information content (AvgIpc) is 3.11. The van der Waals surface area contributed by atoms with Crippen molar-refractivity contribution in [1.29, 1.82) is 0 Å². The van der Waals surface area contributed by atoms with Gasteiger partial charge in [-0.15, -0.1) is 0 Å². The summed E-state index contributed by atoms with van der Waals surface area (Å²) in [5.41, 5.74) is 0. The predicted octanol–water partition coefficient (Wildman–Crippen LogP) is 8.69. The van der Waals surface area contributed by atoms with E-state index in [4.69, 9.17) is 18.9 Å². The van der Waals surface area contributed by atoms with Gasteiger partial charge in [0.25, 0.3) is 0 Å². The van der Waals surface area contributed by atoms with Crippen LogP contribution in [0.15, 0.2) is 0 Å². The Kier molecular flexibility index (Phi) is 32.1. The summed E-state index contributed by atoms with van der Waals surface area (Å²) in [6.07, 6.45) is 26.9. The van der Waals surface area contributed by atoms with Gasteiger partial charge >= 0.3 is 5.97 Å². The number of esters is 1. The van der Waals surface area contributed by atoms with Crippen molar-refractivity contribution in [3.63, 3.8) is 0 Å². The van der Waals surface area contributed by atoms with E-state index in [9.17, 15) is 25.2 Å². The molecule has 50 heavy (non-hydrogen) atoms. The van der Waals surface area contributed by atoms with E-state index >= 15 is 0 Å². The minimum Gasteiger partial charge on any atom is -0.457 e. The standard InChI is InChI=1S/C41H80O9/c1-3-5-7-9-11-13-15-17-19-21-23-25-27-29-31-47-33-35(34-48-41-40(46)39(45)38(44)36(32-42)50-41)49-37(43)30-28-26-24-22-20-18-16-14-12-10-8-6-4-2/h35-36,38-42,44-46H,3-34H2,1-2H3. The van der Waals surface area contributed by atoms with Crippen LogP contribution >= 0.6 is 0 Å². The van der Waals surface area contributed by atoms with E-state index in [0.29, 0.717) is 13.0 Å². The number of aliphatic hydroxyl groups excluding tert-OH is 4. The maximum absolute atomic E-state index is 12.7. The smallest absolute Gasteiger partial charge is 0.306 e. The van der Waals surface area contributed by atoms with Crippen LogP contribution < -0.4 is 0 Å². The first-order valence-corrected chi connectivity index (χ1v) is 21.1. The molecular formula is C41H80O9. The van der Waals surface area contributed by atoms with Gasteiger partial charge in [0, 0.05) is 13.0 Å². The lowest BCUT2D eigenvalue weighted by molar-refractivity contribution is -0.305. The van der Waals surface area contributed by atoms with Gasteiger partial charge in [-0.2, -0.15) is 0 Å². The van der Waals surface area contributed by atoms with Crippen molar-refractivity contribution in [2.75, 3.05) is 26.4 Å². The van der Waals surface area contributed by atoms with Crippen molar-refractivity contribution in [2.45, 2.75) is 230 Å². The number of carbonyl (C=O) groups excluding carboxylic acids is 1. The molecule has 0 aromatic heterocycles. The lowest BCUT2D eigenvalue weighted by Crippen LogP contribution is -2.59. The van der Waals surface area contributed by atoms with E-state index in [1.54, 1.807) is 0 Å². The first-order chi connectivity index (χ1) is 24.4. The predicted molar refractivity (Wildman–Crippen MR) is 201 cm³/mol. The van der Waals surface area contributed by atoms with Crippen LogP contribution in [0.3, 0.4) is 0 Å². The number of rotatable bonds is 36. The molecule has 1 saturated heterocycles. The maximum atomic E-state index is 12.7. The van der Waals surface area contributed by atoms with Crippen molar-refractivity contribution in [2.24, 2.45) is 0 Å². The summed E-state index contributed by atoms with van der Waals surface area (Å²) in [7, 11) is 0. The lowest BCUT2D eigenvalue weighted by Gasteiger charge is -2.39. The Balaban J connectivity index is 2.28. The molecule has 1 rings (SSSR count). The van der Waals surface area contributed by atoms with Gasteiger partial charge in [0.15, 0.2) is 6.29 Å². The molecule has 0 spiro atoms. The molecule has 1 fully saturated rings. The van der Waals surface area contributed by atoms with E-state index in [1.165, 1.54) is 141 Å². The Morgan fingerprint density at radius 3 is 1.42 bits per heavy atom. The van der Waals surface area contributed by atoms with Gasteiger partial charge in [-0.05, 0) is 12.8 Å². The summed E-state index contributed by atoms with van der Waals surface area (Å²) in [4.78, 5) is 12.7. The zero-order chi connectivity index (χ0) is 36.5. The third kappa shape index (κ3) is 25.2. The highest BCUT2D eigenvalue weighted by Crippen LogP contribution is 2.22. The molecule has 298 valence electrons. The molecule has 0 amide bonds.